The van der Waals surface area contributed by atoms with Gasteiger partial charge in [-0.15, -0.1) is 0 Å². The van der Waals surface area contributed by atoms with Crippen LogP contribution in [0.2, 0.25) is 0 Å². The summed E-state index contributed by atoms with van der Waals surface area (Å²) in [5.41, 5.74) is 3.62. The van der Waals surface area contributed by atoms with Gasteiger partial charge in [0.15, 0.2) is 6.10 Å². The Morgan fingerprint density at radius 2 is 1.66 bits per heavy atom. The van der Waals surface area contributed by atoms with Gasteiger partial charge in [0.25, 0.3) is 5.91 Å². The number of amides is 2. The van der Waals surface area contributed by atoms with Crippen LogP contribution in [-0.2, 0) is 16.0 Å². The summed E-state index contributed by atoms with van der Waals surface area (Å²) in [5, 5.41) is 2.99. The van der Waals surface area contributed by atoms with E-state index in [1.807, 2.05) is 60.7 Å². The van der Waals surface area contributed by atoms with Gasteiger partial charge in [-0.3, -0.25) is 9.59 Å². The molecule has 0 radical (unpaired) electrons. The van der Waals surface area contributed by atoms with E-state index in [4.69, 9.17) is 4.74 Å². The molecule has 3 aromatic carbocycles. The van der Waals surface area contributed by atoms with Gasteiger partial charge in [0.1, 0.15) is 5.75 Å². The number of carbonyl (C=O) groups excluding carboxylic acids is 2. The lowest BCUT2D eigenvalue weighted by Gasteiger charge is -2.33. The van der Waals surface area contributed by atoms with Crippen LogP contribution < -0.4 is 15.0 Å². The number of nitrogens with one attached hydrogen (secondary N) is 1. The van der Waals surface area contributed by atoms with Gasteiger partial charge in [0.2, 0.25) is 5.91 Å². The molecule has 146 valence electrons. The predicted molar refractivity (Wildman–Crippen MR) is 113 cm³/mol. The van der Waals surface area contributed by atoms with E-state index in [2.05, 4.69) is 17.4 Å². The highest BCUT2D eigenvalue weighted by Crippen LogP contribution is 2.33. The smallest absolute Gasteiger partial charge is 0.267 e. The summed E-state index contributed by atoms with van der Waals surface area (Å²) < 4.78 is 5.90. The monoisotopic (exact) mass is 386 g/mol. The van der Waals surface area contributed by atoms with Crippen LogP contribution in [0.25, 0.3) is 0 Å². The Hall–Kier alpha value is -3.60. The van der Waals surface area contributed by atoms with Crippen LogP contribution in [0.1, 0.15) is 18.1 Å². The zero-order chi connectivity index (χ0) is 20.2. The van der Waals surface area contributed by atoms with Crippen molar-refractivity contribution >= 4 is 23.2 Å². The molecule has 1 aliphatic heterocycles. The predicted octanol–water partition coefficient (Wildman–Crippen LogP) is 4.03. The molecule has 0 saturated heterocycles. The molecule has 3 aromatic rings. The second kappa shape index (κ2) is 8.19. The van der Waals surface area contributed by atoms with Gasteiger partial charge in [0.05, 0.1) is 12.2 Å². The molecule has 0 unspecified atom stereocenters. The summed E-state index contributed by atoms with van der Waals surface area (Å²) in [6.45, 7) is 1.67. The fourth-order valence-corrected chi connectivity index (χ4v) is 3.49. The van der Waals surface area contributed by atoms with Crippen molar-refractivity contribution in [3.63, 3.8) is 0 Å². The third kappa shape index (κ3) is 4.14. The molecular formula is C24H22N2O3. The van der Waals surface area contributed by atoms with E-state index in [9.17, 15) is 9.59 Å². The highest BCUT2D eigenvalue weighted by molar-refractivity contribution is 5.99. The van der Waals surface area contributed by atoms with Crippen LogP contribution in [0.4, 0.5) is 11.4 Å². The molecule has 1 atom stereocenters. The maximum Gasteiger partial charge on any atom is 0.267 e. The number of hydrogen-bond acceptors (Lipinski definition) is 3. The molecule has 0 fully saturated rings. The lowest BCUT2D eigenvalue weighted by Crippen LogP contribution is -2.48. The quantitative estimate of drug-likeness (QED) is 0.737. The second-order valence-corrected chi connectivity index (χ2v) is 7.01. The van der Waals surface area contributed by atoms with Crippen LogP contribution in [0.5, 0.6) is 5.75 Å². The Morgan fingerprint density at radius 3 is 2.45 bits per heavy atom. The van der Waals surface area contributed by atoms with Crippen molar-refractivity contribution < 1.29 is 14.3 Å². The van der Waals surface area contributed by atoms with Gasteiger partial charge in [-0.1, -0.05) is 60.7 Å². The van der Waals surface area contributed by atoms with Crippen molar-refractivity contribution in [2.24, 2.45) is 0 Å². The molecule has 0 bridgehead atoms. The average Bonchev–Trinajstić information content (AvgIpc) is 2.75. The summed E-state index contributed by atoms with van der Waals surface area (Å²) in [4.78, 5) is 26.6. The average molecular weight is 386 g/mol. The number of ether oxygens (including phenoxy) is 1. The Morgan fingerprint density at radius 1 is 0.966 bits per heavy atom. The van der Waals surface area contributed by atoms with Crippen molar-refractivity contribution in [1.29, 1.82) is 0 Å². The zero-order valence-electron chi connectivity index (χ0n) is 16.2. The highest BCUT2D eigenvalue weighted by atomic mass is 16.5. The molecule has 0 aromatic heterocycles. The maximum absolute atomic E-state index is 13.0. The third-order valence-electron chi connectivity index (χ3n) is 4.96. The standard InChI is InChI=1S/C24H22N2O3/c1-17(27)26-16-23(29-22-14-8-7-13-21(22)26)24(28)25-20-12-6-5-11-19(20)15-18-9-3-2-4-10-18/h2-14,23H,15-16H2,1H3,(H,25,28)/t23-/m0/s1. The summed E-state index contributed by atoms with van der Waals surface area (Å²) in [5.74, 6) is 0.140. The fourth-order valence-electron chi connectivity index (χ4n) is 3.49. The van der Waals surface area contributed by atoms with E-state index in [-0.39, 0.29) is 18.4 Å². The first-order valence-electron chi connectivity index (χ1n) is 9.58. The number of rotatable bonds is 4. The van der Waals surface area contributed by atoms with Crippen molar-refractivity contribution in [1.82, 2.24) is 0 Å². The van der Waals surface area contributed by atoms with Crippen molar-refractivity contribution in [3.05, 3.63) is 90.0 Å². The zero-order valence-corrected chi connectivity index (χ0v) is 16.2. The van der Waals surface area contributed by atoms with E-state index < -0.39 is 6.10 Å². The van der Waals surface area contributed by atoms with Gasteiger partial charge in [-0.2, -0.15) is 0 Å². The van der Waals surface area contributed by atoms with E-state index >= 15 is 0 Å². The number of fused-ring (bicyclic) bond motifs is 1. The number of para-hydroxylation sites is 3. The molecule has 0 aliphatic carbocycles. The molecule has 5 heteroatoms. The molecular weight excluding hydrogens is 364 g/mol. The number of anilines is 2. The van der Waals surface area contributed by atoms with Gasteiger partial charge in [0, 0.05) is 12.6 Å². The molecule has 1 N–H and O–H groups in total. The largest absolute Gasteiger partial charge is 0.476 e. The summed E-state index contributed by atoms with van der Waals surface area (Å²) in [6, 6.07) is 25.1. The van der Waals surface area contributed by atoms with Crippen molar-refractivity contribution in [2.75, 3.05) is 16.8 Å². The Bertz CT molecular complexity index is 1030. The lowest BCUT2D eigenvalue weighted by atomic mass is 10.0. The summed E-state index contributed by atoms with van der Waals surface area (Å²) in [6.07, 6.45) is -0.0656. The minimum Gasteiger partial charge on any atom is -0.476 e. The van der Waals surface area contributed by atoms with Crippen LogP contribution in [0, 0.1) is 0 Å². The fraction of sp³-hybridized carbons (Fsp3) is 0.167. The van der Waals surface area contributed by atoms with Crippen molar-refractivity contribution in [2.45, 2.75) is 19.4 Å². The molecule has 1 aliphatic rings. The molecule has 5 nitrogen and oxygen atoms in total. The summed E-state index contributed by atoms with van der Waals surface area (Å²) >= 11 is 0. The maximum atomic E-state index is 13.0. The van der Waals surface area contributed by atoms with Gasteiger partial charge < -0.3 is 15.0 Å². The first-order valence-corrected chi connectivity index (χ1v) is 9.58. The Kier molecular flexibility index (Phi) is 5.29. The normalized spacial score (nSPS) is 15.2. The van der Waals surface area contributed by atoms with Gasteiger partial charge >= 0.3 is 0 Å². The number of hydrogen-bond donors (Lipinski definition) is 1. The summed E-state index contributed by atoms with van der Waals surface area (Å²) in [7, 11) is 0. The minimum atomic E-state index is -0.779. The minimum absolute atomic E-state index is 0.122. The molecule has 1 heterocycles. The lowest BCUT2D eigenvalue weighted by molar-refractivity contribution is -0.123. The van der Waals surface area contributed by atoms with Crippen LogP contribution in [0.15, 0.2) is 78.9 Å². The van der Waals surface area contributed by atoms with Gasteiger partial charge in [-0.25, -0.2) is 0 Å². The van der Waals surface area contributed by atoms with Crippen LogP contribution in [-0.4, -0.2) is 24.5 Å². The van der Waals surface area contributed by atoms with E-state index in [1.54, 1.807) is 11.0 Å². The van der Waals surface area contributed by atoms with Crippen LogP contribution in [0.3, 0.4) is 0 Å². The second-order valence-electron chi connectivity index (χ2n) is 7.01. The third-order valence-corrected chi connectivity index (χ3v) is 4.96. The topological polar surface area (TPSA) is 58.6 Å². The van der Waals surface area contributed by atoms with E-state index in [1.165, 1.54) is 12.5 Å². The highest BCUT2D eigenvalue weighted by Gasteiger charge is 2.32. The number of nitrogens with zero attached hydrogens (tertiary/aromatic N) is 1. The first kappa shape index (κ1) is 18.7. The van der Waals surface area contributed by atoms with E-state index in [0.29, 0.717) is 17.9 Å². The Labute approximate surface area is 169 Å². The molecule has 0 saturated carbocycles. The Balaban J connectivity index is 1.54. The van der Waals surface area contributed by atoms with Crippen LogP contribution >= 0.6 is 0 Å². The molecule has 29 heavy (non-hydrogen) atoms. The molecule has 2 amide bonds. The molecule has 0 spiro atoms. The number of carbonyl (C=O) groups is 2. The van der Waals surface area contributed by atoms with Gasteiger partial charge in [-0.05, 0) is 35.7 Å². The van der Waals surface area contributed by atoms with E-state index in [0.717, 1.165) is 11.3 Å². The molecule has 4 rings (SSSR count). The SMILES string of the molecule is CC(=O)N1C[C@@H](C(=O)Nc2ccccc2Cc2ccccc2)Oc2ccccc21. The van der Waals surface area contributed by atoms with Crippen molar-refractivity contribution in [3.8, 4) is 5.75 Å². The first-order chi connectivity index (χ1) is 14.1. The number of benzene rings is 3.